The summed E-state index contributed by atoms with van der Waals surface area (Å²) in [5.41, 5.74) is 3.68. The number of amides is 2. The molecule has 1 aliphatic rings. The predicted molar refractivity (Wildman–Crippen MR) is 76.5 cm³/mol. The standard InChI is InChI=1S/C15H20N2O3/c1-9-6-10(2)13(11(3)7-9)16-14(19)15(20)17-5-4-12(18)8-17/h6-7,12,18H,4-5,8H2,1-3H3,(H,16,19)/t12-/m1/s1. The Morgan fingerprint density at radius 2 is 1.85 bits per heavy atom. The largest absolute Gasteiger partial charge is 0.391 e. The minimum Gasteiger partial charge on any atom is -0.391 e. The van der Waals surface area contributed by atoms with Gasteiger partial charge in [0.25, 0.3) is 0 Å². The lowest BCUT2D eigenvalue weighted by Gasteiger charge is -2.17. The third-order valence-corrected chi connectivity index (χ3v) is 3.56. The molecule has 1 aliphatic heterocycles. The van der Waals surface area contributed by atoms with Gasteiger partial charge in [-0.05, 0) is 38.3 Å². The van der Waals surface area contributed by atoms with Crippen LogP contribution in [0.2, 0.25) is 0 Å². The predicted octanol–water partition coefficient (Wildman–Crippen LogP) is 1.14. The molecule has 0 aliphatic carbocycles. The average Bonchev–Trinajstić information content (AvgIpc) is 2.79. The van der Waals surface area contributed by atoms with Crippen molar-refractivity contribution < 1.29 is 14.7 Å². The molecule has 1 aromatic rings. The Kier molecular flexibility index (Phi) is 4.09. The molecular weight excluding hydrogens is 256 g/mol. The number of benzene rings is 1. The summed E-state index contributed by atoms with van der Waals surface area (Å²) in [6.07, 6.45) is 0.0105. The molecule has 1 atom stereocenters. The SMILES string of the molecule is Cc1cc(C)c(NC(=O)C(=O)N2CC[C@@H](O)C2)c(C)c1. The van der Waals surface area contributed by atoms with E-state index in [9.17, 15) is 14.7 Å². The zero-order valence-electron chi connectivity index (χ0n) is 12.1. The Balaban J connectivity index is 2.10. The van der Waals surface area contributed by atoms with Crippen LogP contribution in [0.1, 0.15) is 23.1 Å². The number of nitrogens with zero attached hydrogens (tertiary/aromatic N) is 1. The number of nitrogens with one attached hydrogen (secondary N) is 1. The van der Waals surface area contributed by atoms with Gasteiger partial charge in [-0.1, -0.05) is 17.7 Å². The van der Waals surface area contributed by atoms with Crippen molar-refractivity contribution >= 4 is 17.5 Å². The van der Waals surface area contributed by atoms with Crippen LogP contribution in [-0.2, 0) is 9.59 Å². The van der Waals surface area contributed by atoms with Crippen molar-refractivity contribution in [2.45, 2.75) is 33.3 Å². The van der Waals surface area contributed by atoms with E-state index in [2.05, 4.69) is 5.32 Å². The van der Waals surface area contributed by atoms with Crippen molar-refractivity contribution in [1.29, 1.82) is 0 Å². The van der Waals surface area contributed by atoms with Crippen molar-refractivity contribution in [3.63, 3.8) is 0 Å². The van der Waals surface area contributed by atoms with Gasteiger partial charge in [0.1, 0.15) is 0 Å². The molecule has 0 saturated carbocycles. The van der Waals surface area contributed by atoms with E-state index in [1.54, 1.807) is 0 Å². The number of rotatable bonds is 1. The number of aliphatic hydroxyl groups is 1. The van der Waals surface area contributed by atoms with E-state index in [1.807, 2.05) is 32.9 Å². The Hall–Kier alpha value is -1.88. The molecule has 1 heterocycles. The van der Waals surface area contributed by atoms with E-state index in [-0.39, 0.29) is 6.54 Å². The van der Waals surface area contributed by atoms with Crippen molar-refractivity contribution in [3.05, 3.63) is 28.8 Å². The topological polar surface area (TPSA) is 69.6 Å². The van der Waals surface area contributed by atoms with Gasteiger partial charge in [-0.15, -0.1) is 0 Å². The smallest absolute Gasteiger partial charge is 0.313 e. The third kappa shape index (κ3) is 2.99. The van der Waals surface area contributed by atoms with E-state index < -0.39 is 17.9 Å². The Morgan fingerprint density at radius 3 is 2.35 bits per heavy atom. The number of anilines is 1. The quantitative estimate of drug-likeness (QED) is 0.756. The molecule has 1 fully saturated rings. The molecule has 1 aromatic carbocycles. The summed E-state index contributed by atoms with van der Waals surface area (Å²) in [4.78, 5) is 25.4. The number of carbonyl (C=O) groups excluding carboxylic acids is 2. The molecule has 1 saturated heterocycles. The highest BCUT2D eigenvalue weighted by Crippen LogP contribution is 2.22. The second-order valence-corrected chi connectivity index (χ2v) is 5.42. The number of likely N-dealkylation sites (tertiary alicyclic amines) is 1. The van der Waals surface area contributed by atoms with E-state index in [4.69, 9.17) is 0 Å². The summed E-state index contributed by atoms with van der Waals surface area (Å²) in [5, 5.41) is 12.1. The lowest BCUT2D eigenvalue weighted by Crippen LogP contribution is -2.38. The zero-order chi connectivity index (χ0) is 14.9. The van der Waals surface area contributed by atoms with E-state index in [0.29, 0.717) is 18.7 Å². The highest BCUT2D eigenvalue weighted by molar-refractivity contribution is 6.39. The summed E-state index contributed by atoms with van der Waals surface area (Å²) in [6.45, 7) is 6.46. The molecule has 2 N–H and O–H groups in total. The molecule has 0 bridgehead atoms. The minimum atomic E-state index is -0.644. The number of hydrogen-bond donors (Lipinski definition) is 2. The molecule has 5 nitrogen and oxygen atoms in total. The Morgan fingerprint density at radius 1 is 1.25 bits per heavy atom. The van der Waals surface area contributed by atoms with Gasteiger partial charge in [-0.2, -0.15) is 0 Å². The van der Waals surface area contributed by atoms with Gasteiger partial charge in [-0.25, -0.2) is 0 Å². The van der Waals surface area contributed by atoms with Crippen LogP contribution in [-0.4, -0.2) is 41.0 Å². The van der Waals surface area contributed by atoms with Crippen LogP contribution in [0.4, 0.5) is 5.69 Å². The average molecular weight is 276 g/mol. The van der Waals surface area contributed by atoms with Crippen LogP contribution >= 0.6 is 0 Å². The fourth-order valence-corrected chi connectivity index (χ4v) is 2.61. The Bertz CT molecular complexity index is 531. The van der Waals surface area contributed by atoms with Gasteiger partial charge < -0.3 is 15.3 Å². The number of β-amino-alcohol motifs (C(OH)–C–C–N with tert-alkyl or cyclic N) is 1. The van der Waals surface area contributed by atoms with Crippen molar-refractivity contribution in [3.8, 4) is 0 Å². The molecule has 20 heavy (non-hydrogen) atoms. The molecular formula is C15H20N2O3. The summed E-state index contributed by atoms with van der Waals surface area (Å²) in [6, 6.07) is 3.93. The fraction of sp³-hybridized carbons (Fsp3) is 0.467. The van der Waals surface area contributed by atoms with Crippen molar-refractivity contribution in [2.24, 2.45) is 0 Å². The minimum absolute atomic E-state index is 0.234. The van der Waals surface area contributed by atoms with Gasteiger partial charge in [0, 0.05) is 18.8 Å². The van der Waals surface area contributed by atoms with Gasteiger partial charge in [0.15, 0.2) is 0 Å². The number of aryl methyl sites for hydroxylation is 3. The second kappa shape index (κ2) is 5.63. The first-order chi connectivity index (χ1) is 9.38. The maximum Gasteiger partial charge on any atom is 0.313 e. The van der Waals surface area contributed by atoms with Crippen LogP contribution < -0.4 is 5.32 Å². The lowest BCUT2D eigenvalue weighted by molar-refractivity contribution is -0.142. The van der Waals surface area contributed by atoms with Crippen molar-refractivity contribution in [2.75, 3.05) is 18.4 Å². The lowest BCUT2D eigenvalue weighted by atomic mass is 10.1. The zero-order valence-corrected chi connectivity index (χ0v) is 12.1. The number of aliphatic hydroxyl groups excluding tert-OH is 1. The Labute approximate surface area is 118 Å². The monoisotopic (exact) mass is 276 g/mol. The maximum absolute atomic E-state index is 12.0. The van der Waals surface area contributed by atoms with E-state index >= 15 is 0 Å². The second-order valence-electron chi connectivity index (χ2n) is 5.42. The van der Waals surface area contributed by atoms with Gasteiger partial charge in [0.05, 0.1) is 6.10 Å². The molecule has 108 valence electrons. The first kappa shape index (κ1) is 14.5. The number of carbonyl (C=O) groups is 2. The third-order valence-electron chi connectivity index (χ3n) is 3.56. The van der Waals surface area contributed by atoms with E-state index in [1.165, 1.54) is 4.90 Å². The van der Waals surface area contributed by atoms with Crippen molar-refractivity contribution in [1.82, 2.24) is 4.90 Å². The molecule has 0 unspecified atom stereocenters. The van der Waals surface area contributed by atoms with Gasteiger partial charge in [-0.3, -0.25) is 9.59 Å². The van der Waals surface area contributed by atoms with Crippen LogP contribution in [0, 0.1) is 20.8 Å². The van der Waals surface area contributed by atoms with Crippen LogP contribution in [0.25, 0.3) is 0 Å². The number of hydrogen-bond acceptors (Lipinski definition) is 3. The normalized spacial score (nSPS) is 18.2. The highest BCUT2D eigenvalue weighted by atomic mass is 16.3. The van der Waals surface area contributed by atoms with Gasteiger partial charge in [0.2, 0.25) is 0 Å². The molecule has 5 heteroatoms. The van der Waals surface area contributed by atoms with Gasteiger partial charge >= 0.3 is 11.8 Å². The molecule has 2 rings (SSSR count). The molecule has 0 radical (unpaired) electrons. The summed E-state index contributed by atoms with van der Waals surface area (Å²) < 4.78 is 0. The summed E-state index contributed by atoms with van der Waals surface area (Å²) in [7, 11) is 0. The van der Waals surface area contributed by atoms with Crippen LogP contribution in [0.3, 0.4) is 0 Å². The summed E-state index contributed by atoms with van der Waals surface area (Å²) >= 11 is 0. The molecule has 0 spiro atoms. The van der Waals surface area contributed by atoms with E-state index in [0.717, 1.165) is 16.7 Å². The first-order valence-electron chi connectivity index (χ1n) is 6.74. The van der Waals surface area contributed by atoms with Crippen LogP contribution in [0.15, 0.2) is 12.1 Å². The molecule has 2 amide bonds. The molecule has 0 aromatic heterocycles. The fourth-order valence-electron chi connectivity index (χ4n) is 2.61. The highest BCUT2D eigenvalue weighted by Gasteiger charge is 2.29. The first-order valence-corrected chi connectivity index (χ1v) is 6.74. The van der Waals surface area contributed by atoms with Crippen LogP contribution in [0.5, 0.6) is 0 Å². The summed E-state index contributed by atoms with van der Waals surface area (Å²) in [5.74, 6) is -1.23. The maximum atomic E-state index is 12.0.